The van der Waals surface area contributed by atoms with E-state index in [1.165, 1.54) is 6.07 Å². The van der Waals surface area contributed by atoms with Crippen LogP contribution in [-0.4, -0.2) is 52.4 Å². The van der Waals surface area contributed by atoms with E-state index in [-0.39, 0.29) is 23.9 Å². The summed E-state index contributed by atoms with van der Waals surface area (Å²) in [5.74, 6) is -0.436. The van der Waals surface area contributed by atoms with Gasteiger partial charge in [0.15, 0.2) is 0 Å². The summed E-state index contributed by atoms with van der Waals surface area (Å²) in [6.07, 6.45) is 1.83. The number of aromatic nitrogens is 2. The third kappa shape index (κ3) is 3.97. The van der Waals surface area contributed by atoms with Crippen LogP contribution in [0.5, 0.6) is 0 Å². The van der Waals surface area contributed by atoms with Gasteiger partial charge in [0.1, 0.15) is 5.69 Å². The minimum Gasteiger partial charge on any atom is -0.371 e. The van der Waals surface area contributed by atoms with Gasteiger partial charge in [-0.05, 0) is 30.2 Å². The lowest BCUT2D eigenvalue weighted by molar-refractivity contribution is -0.0502. The minimum atomic E-state index is -2.76. The maximum atomic E-state index is 12.6. The molecule has 1 amide bonds. The second-order valence-electron chi connectivity index (χ2n) is 6.85. The van der Waals surface area contributed by atoms with E-state index < -0.39 is 12.5 Å². The van der Waals surface area contributed by atoms with E-state index in [0.29, 0.717) is 22.9 Å². The highest BCUT2D eigenvalue weighted by molar-refractivity contribution is 6.30. The highest BCUT2D eigenvalue weighted by atomic mass is 35.5. The number of benzene rings is 1. The number of amides is 1. The Morgan fingerprint density at radius 1 is 1.26 bits per heavy atom. The molecule has 0 radical (unpaired) electrons. The van der Waals surface area contributed by atoms with Crippen LogP contribution in [0.1, 0.15) is 35.1 Å². The Bertz CT molecular complexity index is 814. The van der Waals surface area contributed by atoms with Crippen molar-refractivity contribution in [2.24, 2.45) is 0 Å². The average Bonchev–Trinajstić information content (AvgIpc) is 3.28. The average molecular weight is 397 g/mol. The number of ether oxygens (including phenoxy) is 1. The molecule has 0 spiro atoms. The molecule has 2 aromatic rings. The Hall–Kier alpha value is -2.03. The predicted octanol–water partition coefficient (Wildman–Crippen LogP) is 2.88. The van der Waals surface area contributed by atoms with Gasteiger partial charge < -0.3 is 10.1 Å². The zero-order chi connectivity index (χ0) is 19.0. The van der Waals surface area contributed by atoms with Crippen molar-refractivity contribution in [2.45, 2.75) is 31.2 Å². The van der Waals surface area contributed by atoms with Crippen molar-refractivity contribution in [3.8, 4) is 0 Å². The fourth-order valence-corrected chi connectivity index (χ4v) is 3.81. The molecule has 2 aliphatic heterocycles. The van der Waals surface area contributed by atoms with Crippen LogP contribution in [0.2, 0.25) is 5.02 Å². The Labute approximate surface area is 160 Å². The first-order chi connectivity index (χ1) is 13.0. The summed E-state index contributed by atoms with van der Waals surface area (Å²) in [5.41, 5.74) is 1.07. The molecule has 0 unspecified atom stereocenters. The maximum Gasteiger partial charge on any atom is 0.333 e. The summed E-state index contributed by atoms with van der Waals surface area (Å²) >= 11 is 5.94. The SMILES string of the molecule is O=C(N[C@@H]1C[C@H]2CO[C@@H](c3ccc(Cl)cc3)CN2C1)c1ccn(C(F)F)n1. The van der Waals surface area contributed by atoms with Crippen LogP contribution in [0.25, 0.3) is 0 Å². The minimum absolute atomic E-state index is 0.00420. The third-order valence-corrected chi connectivity index (χ3v) is 5.29. The van der Waals surface area contributed by atoms with Crippen LogP contribution in [0.4, 0.5) is 8.78 Å². The van der Waals surface area contributed by atoms with Crippen molar-refractivity contribution >= 4 is 17.5 Å². The Balaban J connectivity index is 1.35. The number of morpholine rings is 1. The third-order valence-electron chi connectivity index (χ3n) is 5.04. The first kappa shape index (κ1) is 18.3. The van der Waals surface area contributed by atoms with Gasteiger partial charge in [-0.25, -0.2) is 4.68 Å². The van der Waals surface area contributed by atoms with E-state index in [4.69, 9.17) is 16.3 Å². The van der Waals surface area contributed by atoms with Crippen LogP contribution in [0, 0.1) is 0 Å². The van der Waals surface area contributed by atoms with Crippen LogP contribution in [0.3, 0.4) is 0 Å². The number of nitrogens with one attached hydrogen (secondary N) is 1. The van der Waals surface area contributed by atoms with Gasteiger partial charge in [0.05, 0.1) is 12.7 Å². The number of fused-ring (bicyclic) bond motifs is 1. The quantitative estimate of drug-likeness (QED) is 0.863. The number of carbonyl (C=O) groups is 1. The summed E-state index contributed by atoms with van der Waals surface area (Å²) in [6.45, 7) is -0.744. The second-order valence-corrected chi connectivity index (χ2v) is 7.28. The number of nitrogens with zero attached hydrogens (tertiary/aromatic N) is 3. The largest absolute Gasteiger partial charge is 0.371 e. The highest BCUT2D eigenvalue weighted by Crippen LogP contribution is 2.30. The first-order valence-electron chi connectivity index (χ1n) is 8.75. The number of carbonyl (C=O) groups excluding carboxylic acids is 1. The summed E-state index contributed by atoms with van der Waals surface area (Å²) in [7, 11) is 0. The topological polar surface area (TPSA) is 59.4 Å². The standard InChI is InChI=1S/C18H19ClF2N4O2/c19-12-3-1-11(2-4-12)16-9-24-8-13(7-14(24)10-27-16)22-17(26)15-5-6-25(23-15)18(20)21/h1-6,13-14,16,18H,7-10H2,(H,22,26)/t13-,14+,16-/m1/s1. The van der Waals surface area contributed by atoms with Crippen molar-refractivity contribution < 1.29 is 18.3 Å². The van der Waals surface area contributed by atoms with E-state index >= 15 is 0 Å². The van der Waals surface area contributed by atoms with Crippen LogP contribution in [-0.2, 0) is 4.74 Å². The van der Waals surface area contributed by atoms with Gasteiger partial charge in [0, 0.05) is 36.4 Å². The zero-order valence-electron chi connectivity index (χ0n) is 14.4. The molecule has 0 saturated carbocycles. The molecule has 3 heterocycles. The van der Waals surface area contributed by atoms with E-state index in [1.54, 1.807) is 0 Å². The summed E-state index contributed by atoms with van der Waals surface area (Å²) in [5, 5.41) is 7.18. The smallest absolute Gasteiger partial charge is 0.333 e. The molecule has 0 bridgehead atoms. The first-order valence-corrected chi connectivity index (χ1v) is 9.12. The van der Waals surface area contributed by atoms with Gasteiger partial charge >= 0.3 is 6.55 Å². The predicted molar refractivity (Wildman–Crippen MR) is 94.9 cm³/mol. The fourth-order valence-electron chi connectivity index (χ4n) is 3.68. The molecule has 0 aliphatic carbocycles. The number of hydrogen-bond donors (Lipinski definition) is 1. The van der Waals surface area contributed by atoms with E-state index in [1.807, 2.05) is 24.3 Å². The van der Waals surface area contributed by atoms with Crippen molar-refractivity contribution in [3.63, 3.8) is 0 Å². The monoisotopic (exact) mass is 396 g/mol. The van der Waals surface area contributed by atoms with Gasteiger partial charge in [-0.1, -0.05) is 23.7 Å². The molecule has 2 saturated heterocycles. The van der Waals surface area contributed by atoms with Gasteiger partial charge in [-0.15, -0.1) is 0 Å². The molecule has 1 aromatic heterocycles. The molecule has 3 atom stereocenters. The fraction of sp³-hybridized carbons (Fsp3) is 0.444. The van der Waals surface area contributed by atoms with Gasteiger partial charge in [0.2, 0.25) is 0 Å². The summed E-state index contributed by atoms with van der Waals surface area (Å²) in [6, 6.07) is 9.08. The molecule has 27 heavy (non-hydrogen) atoms. The molecule has 4 rings (SSSR count). The second kappa shape index (κ2) is 7.53. The van der Waals surface area contributed by atoms with Crippen molar-refractivity contribution in [1.29, 1.82) is 0 Å². The number of hydrogen-bond acceptors (Lipinski definition) is 4. The lowest BCUT2D eigenvalue weighted by Gasteiger charge is -2.35. The van der Waals surface area contributed by atoms with E-state index in [2.05, 4.69) is 15.3 Å². The van der Waals surface area contributed by atoms with Crippen LogP contribution < -0.4 is 5.32 Å². The molecule has 9 heteroatoms. The number of halogens is 3. The molecular weight excluding hydrogens is 378 g/mol. The van der Waals surface area contributed by atoms with Gasteiger partial charge in [-0.2, -0.15) is 13.9 Å². The molecule has 1 N–H and O–H groups in total. The zero-order valence-corrected chi connectivity index (χ0v) is 15.1. The van der Waals surface area contributed by atoms with Crippen molar-refractivity contribution in [1.82, 2.24) is 20.0 Å². The van der Waals surface area contributed by atoms with Crippen molar-refractivity contribution in [2.75, 3.05) is 19.7 Å². The van der Waals surface area contributed by atoms with Crippen LogP contribution >= 0.6 is 11.6 Å². The molecule has 2 fully saturated rings. The lowest BCUT2D eigenvalue weighted by atomic mass is 10.1. The molecule has 2 aliphatic rings. The molecule has 144 valence electrons. The normalized spacial score (nSPS) is 25.6. The van der Waals surface area contributed by atoms with Gasteiger partial charge in [-0.3, -0.25) is 9.69 Å². The summed E-state index contributed by atoms with van der Waals surface area (Å²) in [4.78, 5) is 14.6. The highest BCUT2D eigenvalue weighted by Gasteiger charge is 2.38. The maximum absolute atomic E-state index is 12.6. The van der Waals surface area contributed by atoms with E-state index in [9.17, 15) is 13.6 Å². The van der Waals surface area contributed by atoms with E-state index in [0.717, 1.165) is 24.7 Å². The molecular formula is C18H19ClF2N4O2. The number of rotatable bonds is 4. The Morgan fingerprint density at radius 2 is 2.04 bits per heavy atom. The van der Waals surface area contributed by atoms with Crippen LogP contribution in [0.15, 0.2) is 36.5 Å². The van der Waals surface area contributed by atoms with Gasteiger partial charge in [0.25, 0.3) is 5.91 Å². The number of alkyl halides is 2. The molecule has 1 aromatic carbocycles. The lowest BCUT2D eigenvalue weighted by Crippen LogP contribution is -2.43. The van der Waals surface area contributed by atoms with Crippen molar-refractivity contribution in [3.05, 3.63) is 52.8 Å². The summed E-state index contributed by atoms with van der Waals surface area (Å²) < 4.78 is 31.6. The Morgan fingerprint density at radius 3 is 2.74 bits per heavy atom. The molecule has 6 nitrogen and oxygen atoms in total. The Kier molecular flexibility index (Phi) is 5.12.